The third kappa shape index (κ3) is 6.35. The van der Waals surface area contributed by atoms with Crippen LogP contribution in [0.25, 0.3) is 0 Å². The number of hydrogen-bond acceptors (Lipinski definition) is 4. The quantitative estimate of drug-likeness (QED) is 0.585. The monoisotopic (exact) mass is 362 g/mol. The van der Waals surface area contributed by atoms with Crippen LogP contribution < -0.4 is 15.4 Å². The minimum Gasteiger partial charge on any atom is -0.473 e. The topological polar surface area (TPSA) is 76.7 Å². The van der Waals surface area contributed by atoms with Crippen LogP contribution in [0.5, 0.6) is 5.75 Å². The van der Waals surface area contributed by atoms with Crippen LogP contribution in [-0.4, -0.2) is 25.3 Å². The van der Waals surface area contributed by atoms with Gasteiger partial charge in [-0.3, -0.25) is 0 Å². The molecule has 0 fully saturated rings. The zero-order valence-corrected chi connectivity index (χ0v) is 14.5. The molecule has 2 amide bonds. The van der Waals surface area contributed by atoms with E-state index in [4.69, 9.17) is 21.1 Å². The highest BCUT2D eigenvalue weighted by Gasteiger charge is 2.06. The molecule has 132 valence electrons. The van der Waals surface area contributed by atoms with Crippen molar-refractivity contribution in [2.75, 3.05) is 13.3 Å². The average Bonchev–Trinajstić information content (AvgIpc) is 2.62. The van der Waals surface area contributed by atoms with E-state index in [2.05, 4.69) is 10.6 Å². The predicted octanol–water partition coefficient (Wildman–Crippen LogP) is 3.35. The second-order valence-electron chi connectivity index (χ2n) is 5.02. The van der Waals surface area contributed by atoms with Crippen LogP contribution in [0.3, 0.4) is 0 Å². The summed E-state index contributed by atoms with van der Waals surface area (Å²) in [4.78, 5) is 23.3. The lowest BCUT2D eigenvalue weighted by Gasteiger charge is -2.10. The molecule has 6 nitrogen and oxygen atoms in total. The van der Waals surface area contributed by atoms with E-state index in [1.807, 2.05) is 0 Å². The van der Waals surface area contributed by atoms with Crippen molar-refractivity contribution >= 4 is 23.6 Å². The molecule has 0 unspecified atom stereocenters. The Morgan fingerprint density at radius 3 is 2.32 bits per heavy atom. The molecule has 2 N–H and O–H groups in total. The van der Waals surface area contributed by atoms with Crippen molar-refractivity contribution in [3.8, 4) is 5.75 Å². The Labute approximate surface area is 151 Å². The molecule has 7 heteroatoms. The van der Waals surface area contributed by atoms with E-state index >= 15 is 0 Å². The maximum absolute atomic E-state index is 11.7. The minimum absolute atomic E-state index is 0.0370. The van der Waals surface area contributed by atoms with Crippen LogP contribution in [0, 0.1) is 0 Å². The molecule has 0 saturated carbocycles. The molecule has 2 rings (SSSR count). The number of amides is 2. The third-order valence-corrected chi connectivity index (χ3v) is 3.46. The van der Waals surface area contributed by atoms with Crippen LogP contribution in [0.2, 0.25) is 5.02 Å². The SMILES string of the molecule is CCOC(=O)c1ccc(CNC(=O)NCOc2ccc(Cl)cc2)cc1. The standard InChI is InChI=1S/C18H19ClN2O4/c1-2-24-17(22)14-5-3-13(4-6-14)11-20-18(23)21-12-25-16-9-7-15(19)8-10-16/h3-10H,2,11-12H2,1H3,(H2,20,21,23). The van der Waals surface area contributed by atoms with Gasteiger partial charge in [-0.05, 0) is 48.9 Å². The third-order valence-electron chi connectivity index (χ3n) is 3.20. The van der Waals surface area contributed by atoms with Gasteiger partial charge in [0.1, 0.15) is 5.75 Å². The second-order valence-corrected chi connectivity index (χ2v) is 5.46. The Morgan fingerprint density at radius 1 is 1.00 bits per heavy atom. The van der Waals surface area contributed by atoms with Crippen molar-refractivity contribution in [2.24, 2.45) is 0 Å². The number of carbonyl (C=O) groups excluding carboxylic acids is 2. The van der Waals surface area contributed by atoms with Gasteiger partial charge in [-0.15, -0.1) is 0 Å². The van der Waals surface area contributed by atoms with Crippen LogP contribution >= 0.6 is 11.6 Å². The number of halogens is 1. The number of rotatable bonds is 7. The first-order chi connectivity index (χ1) is 12.1. The van der Waals surface area contributed by atoms with Crippen LogP contribution in [0.1, 0.15) is 22.8 Å². The molecule has 0 spiro atoms. The van der Waals surface area contributed by atoms with Crippen molar-refractivity contribution in [3.63, 3.8) is 0 Å². The van der Waals surface area contributed by atoms with Gasteiger partial charge in [0, 0.05) is 11.6 Å². The lowest BCUT2D eigenvalue weighted by molar-refractivity contribution is 0.0526. The van der Waals surface area contributed by atoms with E-state index in [9.17, 15) is 9.59 Å². The number of hydrogen-bond donors (Lipinski definition) is 2. The molecular weight excluding hydrogens is 344 g/mol. The normalized spacial score (nSPS) is 10.0. The Balaban J connectivity index is 1.70. The molecule has 0 saturated heterocycles. The van der Waals surface area contributed by atoms with Crippen LogP contribution in [0.4, 0.5) is 4.79 Å². The van der Waals surface area contributed by atoms with Gasteiger partial charge in [-0.1, -0.05) is 23.7 Å². The van der Waals surface area contributed by atoms with Gasteiger partial charge in [-0.2, -0.15) is 0 Å². The van der Waals surface area contributed by atoms with E-state index < -0.39 is 0 Å². The highest BCUT2D eigenvalue weighted by Crippen LogP contribution is 2.14. The van der Waals surface area contributed by atoms with Gasteiger partial charge in [0.25, 0.3) is 0 Å². The maximum atomic E-state index is 11.7. The van der Waals surface area contributed by atoms with Crippen LogP contribution in [0.15, 0.2) is 48.5 Å². The first kappa shape index (κ1) is 18.6. The number of urea groups is 1. The van der Waals surface area contributed by atoms with E-state index in [0.29, 0.717) is 29.5 Å². The zero-order valence-electron chi connectivity index (χ0n) is 13.8. The van der Waals surface area contributed by atoms with Gasteiger partial charge in [0.05, 0.1) is 12.2 Å². The summed E-state index contributed by atoms with van der Waals surface area (Å²) in [6.07, 6.45) is 0. The molecule has 2 aromatic rings. The average molecular weight is 363 g/mol. The fourth-order valence-electron chi connectivity index (χ4n) is 1.93. The molecule has 2 aromatic carbocycles. The Bertz CT molecular complexity index is 702. The van der Waals surface area contributed by atoms with Gasteiger partial charge < -0.3 is 20.1 Å². The summed E-state index contributed by atoms with van der Waals surface area (Å²) in [5.74, 6) is 0.248. The summed E-state index contributed by atoms with van der Waals surface area (Å²) < 4.78 is 10.3. The van der Waals surface area contributed by atoms with E-state index in [1.54, 1.807) is 55.5 Å². The number of nitrogens with one attached hydrogen (secondary N) is 2. The number of esters is 1. The summed E-state index contributed by atoms with van der Waals surface area (Å²) >= 11 is 5.78. The smallest absolute Gasteiger partial charge is 0.338 e. The molecular formula is C18H19ClN2O4. The van der Waals surface area contributed by atoms with Gasteiger partial charge in [-0.25, -0.2) is 9.59 Å². The minimum atomic E-state index is -0.362. The summed E-state index contributed by atoms with van der Waals surface area (Å²) in [5, 5.41) is 5.90. The van der Waals surface area contributed by atoms with Crippen molar-refractivity contribution < 1.29 is 19.1 Å². The fraction of sp³-hybridized carbons (Fsp3) is 0.222. The lowest BCUT2D eigenvalue weighted by Crippen LogP contribution is -2.37. The molecule has 0 aliphatic carbocycles. The summed E-state index contributed by atoms with van der Waals surface area (Å²) in [7, 11) is 0. The second kappa shape index (κ2) is 9.54. The van der Waals surface area contributed by atoms with Crippen molar-refractivity contribution in [2.45, 2.75) is 13.5 Å². The first-order valence-corrected chi connectivity index (χ1v) is 8.12. The van der Waals surface area contributed by atoms with Gasteiger partial charge in [0.2, 0.25) is 0 Å². The van der Waals surface area contributed by atoms with E-state index in [1.165, 1.54) is 0 Å². The molecule has 0 aliphatic rings. The molecule has 0 heterocycles. The lowest BCUT2D eigenvalue weighted by atomic mass is 10.1. The molecule has 0 aromatic heterocycles. The van der Waals surface area contributed by atoms with Crippen molar-refractivity contribution in [1.82, 2.24) is 10.6 Å². The Kier molecular flexibility index (Phi) is 7.10. The molecule has 0 bridgehead atoms. The molecule has 25 heavy (non-hydrogen) atoms. The van der Waals surface area contributed by atoms with E-state index in [-0.39, 0.29) is 18.7 Å². The maximum Gasteiger partial charge on any atom is 0.338 e. The largest absolute Gasteiger partial charge is 0.473 e. The summed E-state index contributed by atoms with van der Waals surface area (Å²) in [6.45, 7) is 2.46. The number of benzene rings is 2. The van der Waals surface area contributed by atoms with E-state index in [0.717, 1.165) is 5.56 Å². The zero-order chi connectivity index (χ0) is 18.1. The van der Waals surface area contributed by atoms with Crippen molar-refractivity contribution in [3.05, 3.63) is 64.7 Å². The fourth-order valence-corrected chi connectivity index (χ4v) is 2.06. The highest BCUT2D eigenvalue weighted by molar-refractivity contribution is 6.30. The Hall–Kier alpha value is -2.73. The molecule has 0 aliphatic heterocycles. The predicted molar refractivity (Wildman–Crippen MR) is 94.7 cm³/mol. The van der Waals surface area contributed by atoms with Crippen LogP contribution in [-0.2, 0) is 11.3 Å². The number of carbonyl (C=O) groups is 2. The highest BCUT2D eigenvalue weighted by atomic mass is 35.5. The summed E-state index contributed by atoms with van der Waals surface area (Å²) in [5.41, 5.74) is 1.34. The first-order valence-electron chi connectivity index (χ1n) is 7.74. The molecule has 0 atom stereocenters. The molecule has 0 radical (unpaired) electrons. The Morgan fingerprint density at radius 2 is 1.68 bits per heavy atom. The summed E-state index contributed by atoms with van der Waals surface area (Å²) in [6, 6.07) is 13.3. The van der Waals surface area contributed by atoms with Crippen molar-refractivity contribution in [1.29, 1.82) is 0 Å². The van der Waals surface area contributed by atoms with Gasteiger partial charge in [0.15, 0.2) is 6.73 Å². The number of ether oxygens (including phenoxy) is 2. The van der Waals surface area contributed by atoms with Gasteiger partial charge >= 0.3 is 12.0 Å².